The fourth-order valence-electron chi connectivity index (χ4n) is 4.68. The van der Waals surface area contributed by atoms with Crippen molar-refractivity contribution < 1.29 is 19.5 Å². The van der Waals surface area contributed by atoms with Crippen LogP contribution in [0.3, 0.4) is 0 Å². The third kappa shape index (κ3) is 5.70. The predicted molar refractivity (Wildman–Crippen MR) is 121 cm³/mol. The first-order valence-electron chi connectivity index (χ1n) is 11.4. The van der Waals surface area contributed by atoms with Crippen LogP contribution in [0, 0.1) is 11.3 Å². The van der Waals surface area contributed by atoms with Crippen LogP contribution >= 0.6 is 0 Å². The van der Waals surface area contributed by atoms with Gasteiger partial charge in [-0.1, -0.05) is 19.3 Å². The fourth-order valence-corrected chi connectivity index (χ4v) is 4.68. The first-order valence-corrected chi connectivity index (χ1v) is 11.4. The maximum Gasteiger partial charge on any atom is 0.243 e. The van der Waals surface area contributed by atoms with E-state index in [1.165, 1.54) is 25.7 Å². The molecule has 2 aliphatic rings. The van der Waals surface area contributed by atoms with Crippen LogP contribution in [0.1, 0.15) is 57.4 Å². The van der Waals surface area contributed by atoms with Gasteiger partial charge in [-0.25, -0.2) is 0 Å². The highest BCUT2D eigenvalue weighted by Crippen LogP contribution is 2.27. The summed E-state index contributed by atoms with van der Waals surface area (Å²) in [6.07, 6.45) is 9.75. The summed E-state index contributed by atoms with van der Waals surface area (Å²) in [5.74, 6) is -0.533. The number of carbonyl (C=O) groups is 3. The summed E-state index contributed by atoms with van der Waals surface area (Å²) in [5.41, 5.74) is 0.659. The topological polar surface area (TPSA) is 135 Å². The van der Waals surface area contributed by atoms with Gasteiger partial charge < -0.3 is 20.6 Å². The SMILES string of the molecule is CC(=O)C(=N)c1ccncc1NCC(=O)N1CCC[C@H]1C(=O)N[C@H](CO)C1CCCCC1. The molecule has 0 aromatic carbocycles. The minimum absolute atomic E-state index is 0.0697. The van der Waals surface area contributed by atoms with Crippen LogP contribution in [0.4, 0.5) is 5.69 Å². The Bertz CT molecular complexity index is 853. The molecule has 1 aromatic rings. The smallest absolute Gasteiger partial charge is 0.243 e. The molecule has 9 nitrogen and oxygen atoms in total. The van der Waals surface area contributed by atoms with Gasteiger partial charge >= 0.3 is 0 Å². The normalized spacial score (nSPS) is 19.9. The number of aromatic nitrogens is 1. The molecular weight excluding hydrogens is 410 g/mol. The zero-order valence-corrected chi connectivity index (χ0v) is 18.6. The van der Waals surface area contributed by atoms with E-state index in [4.69, 9.17) is 5.41 Å². The Hall–Kier alpha value is -2.81. The van der Waals surface area contributed by atoms with E-state index in [2.05, 4.69) is 15.6 Å². The van der Waals surface area contributed by atoms with E-state index >= 15 is 0 Å². The van der Waals surface area contributed by atoms with E-state index in [0.717, 1.165) is 32.1 Å². The van der Waals surface area contributed by atoms with E-state index in [-0.39, 0.29) is 48.4 Å². The number of hydrogen-bond donors (Lipinski definition) is 4. The van der Waals surface area contributed by atoms with E-state index < -0.39 is 6.04 Å². The van der Waals surface area contributed by atoms with Crippen molar-refractivity contribution in [2.45, 2.75) is 64.0 Å². The van der Waals surface area contributed by atoms with Gasteiger partial charge in [-0.3, -0.25) is 24.8 Å². The average Bonchev–Trinajstić information content (AvgIpc) is 3.31. The van der Waals surface area contributed by atoms with Crippen molar-refractivity contribution in [2.75, 3.05) is 25.0 Å². The van der Waals surface area contributed by atoms with Crippen LogP contribution in [0.2, 0.25) is 0 Å². The van der Waals surface area contributed by atoms with Gasteiger partial charge in [-0.05, 0) is 37.7 Å². The van der Waals surface area contributed by atoms with Crippen LogP contribution < -0.4 is 10.6 Å². The van der Waals surface area contributed by atoms with Crippen LogP contribution in [-0.2, 0) is 14.4 Å². The fraction of sp³-hybridized carbons (Fsp3) is 0.609. The molecule has 0 unspecified atom stereocenters. The molecule has 2 atom stereocenters. The minimum Gasteiger partial charge on any atom is -0.394 e. The molecule has 1 saturated carbocycles. The lowest BCUT2D eigenvalue weighted by molar-refractivity contribution is -0.137. The van der Waals surface area contributed by atoms with Gasteiger partial charge in [0.25, 0.3) is 0 Å². The molecule has 2 amide bonds. The third-order valence-corrected chi connectivity index (χ3v) is 6.49. The van der Waals surface area contributed by atoms with Gasteiger partial charge in [-0.2, -0.15) is 0 Å². The van der Waals surface area contributed by atoms with Crippen molar-refractivity contribution in [1.82, 2.24) is 15.2 Å². The molecule has 174 valence electrons. The molecule has 0 radical (unpaired) electrons. The molecule has 2 fully saturated rings. The lowest BCUT2D eigenvalue weighted by Gasteiger charge is -2.32. The number of aliphatic hydroxyl groups excluding tert-OH is 1. The molecule has 1 aliphatic carbocycles. The number of likely N-dealkylation sites (tertiary alicyclic amines) is 1. The van der Waals surface area contributed by atoms with Crippen LogP contribution in [0.25, 0.3) is 0 Å². The largest absolute Gasteiger partial charge is 0.394 e. The minimum atomic E-state index is -0.550. The van der Waals surface area contributed by atoms with E-state index in [9.17, 15) is 19.5 Å². The highest BCUT2D eigenvalue weighted by molar-refractivity contribution is 6.45. The highest BCUT2D eigenvalue weighted by atomic mass is 16.3. The number of anilines is 1. The second kappa shape index (κ2) is 11.2. The molecule has 1 saturated heterocycles. The number of rotatable bonds is 9. The van der Waals surface area contributed by atoms with E-state index in [0.29, 0.717) is 24.2 Å². The number of hydrogen-bond acceptors (Lipinski definition) is 7. The summed E-state index contributed by atoms with van der Waals surface area (Å²) in [6.45, 7) is 1.65. The predicted octanol–water partition coefficient (Wildman–Crippen LogP) is 1.50. The Morgan fingerprint density at radius 1 is 1.22 bits per heavy atom. The first kappa shape index (κ1) is 23.8. The van der Waals surface area contributed by atoms with Gasteiger partial charge in [0.15, 0.2) is 5.78 Å². The molecule has 1 aliphatic heterocycles. The Kier molecular flexibility index (Phi) is 8.33. The lowest BCUT2D eigenvalue weighted by atomic mass is 9.84. The molecule has 0 spiro atoms. The summed E-state index contributed by atoms with van der Waals surface area (Å²) >= 11 is 0. The molecule has 32 heavy (non-hydrogen) atoms. The first-order chi connectivity index (χ1) is 15.4. The van der Waals surface area contributed by atoms with Crippen LogP contribution in [0.15, 0.2) is 18.5 Å². The average molecular weight is 444 g/mol. The Labute approximate surface area is 188 Å². The molecule has 0 bridgehead atoms. The molecule has 1 aromatic heterocycles. The number of amides is 2. The Morgan fingerprint density at radius 3 is 2.66 bits per heavy atom. The van der Waals surface area contributed by atoms with Gasteiger partial charge in [0.2, 0.25) is 11.8 Å². The third-order valence-electron chi connectivity index (χ3n) is 6.49. The lowest BCUT2D eigenvalue weighted by Crippen LogP contribution is -2.52. The highest BCUT2D eigenvalue weighted by Gasteiger charge is 2.36. The number of nitrogens with one attached hydrogen (secondary N) is 3. The van der Waals surface area contributed by atoms with Gasteiger partial charge in [0.1, 0.15) is 11.8 Å². The maximum atomic E-state index is 13.0. The second-order valence-corrected chi connectivity index (χ2v) is 8.65. The van der Waals surface area contributed by atoms with Crippen LogP contribution in [0.5, 0.6) is 0 Å². The van der Waals surface area contributed by atoms with Crippen molar-refractivity contribution in [1.29, 1.82) is 5.41 Å². The standard InChI is InChI=1S/C23H33N5O4/c1-15(30)22(24)17-9-10-25-12-18(17)26-13-21(31)28-11-5-8-20(28)23(32)27-19(14-29)16-6-3-2-4-7-16/h9-10,12,16,19-20,24,26,29H,2-8,11,13-14H2,1H3,(H,27,32)/t19-,20+/m1/s1. The summed E-state index contributed by atoms with van der Waals surface area (Å²) in [6, 6.07) is 0.739. The summed E-state index contributed by atoms with van der Waals surface area (Å²) < 4.78 is 0. The number of Topliss-reactive ketones (excluding diaryl/α,β-unsaturated/α-hetero) is 1. The molecule has 9 heteroatoms. The maximum absolute atomic E-state index is 13.0. The number of aliphatic hydroxyl groups is 1. The number of nitrogens with zero attached hydrogens (tertiary/aromatic N) is 2. The van der Waals surface area contributed by atoms with Gasteiger partial charge in [0.05, 0.1) is 31.1 Å². The van der Waals surface area contributed by atoms with E-state index in [1.807, 2.05) is 0 Å². The number of carbonyl (C=O) groups excluding carboxylic acids is 3. The molecular formula is C23H33N5O4. The van der Waals surface area contributed by atoms with Crippen molar-refractivity contribution in [3.63, 3.8) is 0 Å². The van der Waals surface area contributed by atoms with Crippen molar-refractivity contribution in [3.8, 4) is 0 Å². The van der Waals surface area contributed by atoms with Crippen LogP contribution in [-0.4, -0.2) is 70.1 Å². The number of pyridine rings is 1. The summed E-state index contributed by atoms with van der Waals surface area (Å²) in [7, 11) is 0. The van der Waals surface area contributed by atoms with Gasteiger partial charge in [-0.15, -0.1) is 0 Å². The zero-order valence-electron chi connectivity index (χ0n) is 18.6. The quantitative estimate of drug-likeness (QED) is 0.427. The molecule has 3 rings (SSSR count). The summed E-state index contributed by atoms with van der Waals surface area (Å²) in [5, 5.41) is 23.7. The van der Waals surface area contributed by atoms with Crippen molar-refractivity contribution in [2.24, 2.45) is 5.92 Å². The molecule has 2 heterocycles. The van der Waals surface area contributed by atoms with Gasteiger partial charge in [0, 0.05) is 25.2 Å². The Morgan fingerprint density at radius 2 is 1.97 bits per heavy atom. The second-order valence-electron chi connectivity index (χ2n) is 8.65. The van der Waals surface area contributed by atoms with Crippen molar-refractivity contribution >= 4 is 29.0 Å². The monoisotopic (exact) mass is 443 g/mol. The van der Waals surface area contributed by atoms with E-state index in [1.54, 1.807) is 11.0 Å². The summed E-state index contributed by atoms with van der Waals surface area (Å²) in [4.78, 5) is 43.0. The zero-order chi connectivity index (χ0) is 23.1. The van der Waals surface area contributed by atoms with Crippen molar-refractivity contribution in [3.05, 3.63) is 24.0 Å². The number of ketones is 1. The molecule has 4 N–H and O–H groups in total. The Balaban J connectivity index is 1.60.